The number of imidazole rings is 1. The van der Waals surface area contributed by atoms with Crippen LogP contribution in [0.4, 0.5) is 5.82 Å². The fraction of sp³-hybridized carbons (Fsp3) is 0.0400. The van der Waals surface area contributed by atoms with E-state index in [0.29, 0.717) is 50.9 Å². The number of esters is 1. The molecule has 0 amide bonds. The van der Waals surface area contributed by atoms with Gasteiger partial charge in [-0.2, -0.15) is 5.26 Å². The fourth-order valence-electron chi connectivity index (χ4n) is 3.61. The number of rotatable bonds is 4. The number of fused-ring (bicyclic) bond motifs is 1. The quantitative estimate of drug-likeness (QED) is 0.412. The van der Waals surface area contributed by atoms with Crippen LogP contribution >= 0.6 is 0 Å². The van der Waals surface area contributed by atoms with Gasteiger partial charge in [-0.25, -0.2) is 19.7 Å². The summed E-state index contributed by atoms with van der Waals surface area (Å²) in [5, 5.41) is 9.04. The summed E-state index contributed by atoms with van der Waals surface area (Å²) >= 11 is 0. The van der Waals surface area contributed by atoms with Gasteiger partial charge in [-0.1, -0.05) is 0 Å². The summed E-state index contributed by atoms with van der Waals surface area (Å²) < 4.78 is 6.66. The molecular weight excluding hydrogens is 430 g/mol. The molecule has 0 saturated carbocycles. The largest absolute Gasteiger partial charge is 0.465 e. The van der Waals surface area contributed by atoms with Gasteiger partial charge in [0.15, 0.2) is 11.5 Å². The second-order valence-corrected chi connectivity index (χ2v) is 7.33. The predicted molar refractivity (Wildman–Crippen MR) is 126 cm³/mol. The van der Waals surface area contributed by atoms with E-state index in [1.807, 2.05) is 22.8 Å². The van der Waals surface area contributed by atoms with Crippen LogP contribution in [-0.4, -0.2) is 37.6 Å². The average Bonchev–Trinajstić information content (AvgIpc) is 3.27. The molecule has 0 aliphatic rings. The summed E-state index contributed by atoms with van der Waals surface area (Å²) in [7, 11) is 1.34. The summed E-state index contributed by atoms with van der Waals surface area (Å²) in [4.78, 5) is 30.1. The Morgan fingerprint density at radius 3 is 2.47 bits per heavy atom. The van der Waals surface area contributed by atoms with E-state index < -0.39 is 5.97 Å². The monoisotopic (exact) mass is 447 g/mol. The van der Waals surface area contributed by atoms with Gasteiger partial charge >= 0.3 is 5.97 Å². The molecule has 1 aromatic carbocycles. The molecule has 5 aromatic rings. The number of methoxy groups -OCH3 is 1. The maximum atomic E-state index is 11.9. The molecule has 0 aliphatic heterocycles. The smallest absolute Gasteiger partial charge is 0.337 e. The van der Waals surface area contributed by atoms with E-state index in [0.717, 1.165) is 5.69 Å². The van der Waals surface area contributed by atoms with Crippen LogP contribution in [0.15, 0.2) is 73.1 Å². The highest BCUT2D eigenvalue weighted by atomic mass is 16.5. The lowest BCUT2D eigenvalue weighted by molar-refractivity contribution is 0.0600. The van der Waals surface area contributed by atoms with Gasteiger partial charge in [0.05, 0.1) is 35.2 Å². The van der Waals surface area contributed by atoms with Gasteiger partial charge in [-0.05, 0) is 60.7 Å². The molecule has 4 heterocycles. The Labute approximate surface area is 194 Å². The summed E-state index contributed by atoms with van der Waals surface area (Å²) in [5.41, 5.74) is 10.9. The summed E-state index contributed by atoms with van der Waals surface area (Å²) in [5.74, 6) is 0.467. The number of nitriles is 1. The van der Waals surface area contributed by atoms with E-state index in [2.05, 4.69) is 16.0 Å². The van der Waals surface area contributed by atoms with Gasteiger partial charge in [0, 0.05) is 18.1 Å². The average molecular weight is 447 g/mol. The van der Waals surface area contributed by atoms with Crippen molar-refractivity contribution >= 4 is 23.0 Å². The number of hydrogen-bond acceptors (Lipinski definition) is 8. The molecule has 0 atom stereocenters. The van der Waals surface area contributed by atoms with E-state index in [9.17, 15) is 4.79 Å². The number of carbonyl (C=O) groups excluding carboxylic acids is 1. The van der Waals surface area contributed by atoms with Crippen LogP contribution < -0.4 is 5.73 Å². The number of hydrogen-bond donors (Lipinski definition) is 1. The van der Waals surface area contributed by atoms with Crippen LogP contribution in [0.2, 0.25) is 0 Å². The Morgan fingerprint density at radius 2 is 1.79 bits per heavy atom. The first kappa shape index (κ1) is 20.8. The molecule has 5 rings (SSSR count). The van der Waals surface area contributed by atoms with Crippen LogP contribution in [0.25, 0.3) is 39.6 Å². The van der Waals surface area contributed by atoms with Crippen molar-refractivity contribution in [3.63, 3.8) is 0 Å². The van der Waals surface area contributed by atoms with E-state index in [-0.39, 0.29) is 0 Å². The van der Waals surface area contributed by atoms with Crippen molar-refractivity contribution in [1.82, 2.24) is 24.5 Å². The van der Waals surface area contributed by atoms with Gasteiger partial charge in [-0.15, -0.1) is 0 Å². The third-order valence-electron chi connectivity index (χ3n) is 5.29. The van der Waals surface area contributed by atoms with Crippen molar-refractivity contribution in [2.45, 2.75) is 0 Å². The maximum Gasteiger partial charge on any atom is 0.337 e. The second kappa shape index (κ2) is 8.44. The highest BCUT2D eigenvalue weighted by Crippen LogP contribution is 2.31. The molecule has 0 aliphatic carbocycles. The minimum absolute atomic E-state index is 0.333. The first-order valence-electron chi connectivity index (χ1n) is 10.2. The number of nitrogens with zero attached hydrogens (tertiary/aromatic N) is 6. The van der Waals surface area contributed by atoms with E-state index >= 15 is 0 Å². The van der Waals surface area contributed by atoms with Gasteiger partial charge in [0.25, 0.3) is 0 Å². The highest BCUT2D eigenvalue weighted by molar-refractivity contribution is 5.90. The standard InChI is InChI=1S/C25H17N7O2/c1-34-25(33)16-5-7-17(8-6-16)32-23(18-3-2-12-28-22(18)27)31-21-11-10-20(30-24(21)32)19-9-4-15(13-26)14-29-19/h2-12,14H,1H3,(H2,27,28). The molecule has 0 spiro atoms. The predicted octanol–water partition coefficient (Wildman–Crippen LogP) is 3.78. The number of nitrogens with two attached hydrogens (primary N) is 1. The Morgan fingerprint density at radius 1 is 1.00 bits per heavy atom. The Balaban J connectivity index is 1.73. The minimum Gasteiger partial charge on any atom is -0.465 e. The molecule has 0 fully saturated rings. The maximum absolute atomic E-state index is 11.9. The number of pyridine rings is 3. The second-order valence-electron chi connectivity index (χ2n) is 7.33. The minimum atomic E-state index is -0.425. The normalized spacial score (nSPS) is 10.7. The molecule has 0 bridgehead atoms. The van der Waals surface area contributed by atoms with Crippen LogP contribution in [0.1, 0.15) is 15.9 Å². The van der Waals surface area contributed by atoms with Crippen LogP contribution in [0.3, 0.4) is 0 Å². The zero-order valence-corrected chi connectivity index (χ0v) is 18.0. The lowest BCUT2D eigenvalue weighted by Gasteiger charge is -2.11. The molecule has 0 radical (unpaired) electrons. The number of carbonyl (C=O) groups is 1. The number of benzene rings is 1. The number of nitrogen functional groups attached to an aromatic ring is 1. The lowest BCUT2D eigenvalue weighted by atomic mass is 10.2. The first-order valence-corrected chi connectivity index (χ1v) is 10.2. The van der Waals surface area contributed by atoms with Gasteiger partial charge in [0.2, 0.25) is 0 Å². The van der Waals surface area contributed by atoms with E-state index in [1.165, 1.54) is 13.3 Å². The number of anilines is 1. The van der Waals surface area contributed by atoms with Crippen molar-refractivity contribution in [3.05, 3.63) is 84.2 Å². The molecule has 164 valence electrons. The molecule has 9 nitrogen and oxygen atoms in total. The molecule has 0 unspecified atom stereocenters. The van der Waals surface area contributed by atoms with Crippen molar-refractivity contribution in [2.24, 2.45) is 0 Å². The molecule has 34 heavy (non-hydrogen) atoms. The van der Waals surface area contributed by atoms with Crippen molar-refractivity contribution in [2.75, 3.05) is 12.8 Å². The third-order valence-corrected chi connectivity index (χ3v) is 5.29. The molecule has 2 N–H and O–H groups in total. The van der Waals surface area contributed by atoms with Crippen LogP contribution in [-0.2, 0) is 4.74 Å². The zero-order valence-electron chi connectivity index (χ0n) is 18.0. The van der Waals surface area contributed by atoms with Crippen molar-refractivity contribution in [3.8, 4) is 34.5 Å². The van der Waals surface area contributed by atoms with Crippen molar-refractivity contribution in [1.29, 1.82) is 5.26 Å². The SMILES string of the molecule is COC(=O)c1ccc(-n2c(-c3cccnc3N)nc3ccc(-c4ccc(C#N)cn4)nc32)cc1. The third kappa shape index (κ3) is 3.59. The summed E-state index contributed by atoms with van der Waals surface area (Å²) in [6.45, 7) is 0. The summed E-state index contributed by atoms with van der Waals surface area (Å²) in [6, 6.07) is 19.7. The molecule has 0 saturated heterocycles. The Bertz CT molecular complexity index is 1570. The van der Waals surface area contributed by atoms with Crippen LogP contribution in [0, 0.1) is 11.3 Å². The van der Waals surface area contributed by atoms with Gasteiger partial charge < -0.3 is 10.5 Å². The fourth-order valence-corrected chi connectivity index (χ4v) is 3.61. The topological polar surface area (TPSA) is 133 Å². The summed E-state index contributed by atoms with van der Waals surface area (Å²) in [6.07, 6.45) is 3.12. The Kier molecular flexibility index (Phi) is 5.16. The van der Waals surface area contributed by atoms with Crippen molar-refractivity contribution < 1.29 is 9.53 Å². The molecule has 9 heteroatoms. The van der Waals surface area contributed by atoms with E-state index in [4.69, 9.17) is 25.7 Å². The zero-order chi connectivity index (χ0) is 23.7. The Hall–Kier alpha value is -5.10. The van der Waals surface area contributed by atoms with E-state index in [1.54, 1.807) is 48.7 Å². The van der Waals surface area contributed by atoms with Gasteiger partial charge in [-0.3, -0.25) is 9.55 Å². The molecular formula is C25H17N7O2. The highest BCUT2D eigenvalue weighted by Gasteiger charge is 2.19. The molecule has 4 aromatic heterocycles. The number of ether oxygens (including phenoxy) is 1. The number of aromatic nitrogens is 5. The van der Waals surface area contributed by atoms with Crippen LogP contribution in [0.5, 0.6) is 0 Å². The lowest BCUT2D eigenvalue weighted by Crippen LogP contribution is -2.04. The first-order chi connectivity index (χ1) is 16.6. The van der Waals surface area contributed by atoms with Gasteiger partial charge in [0.1, 0.15) is 17.4 Å².